The molecule has 0 unspecified atom stereocenters. The molecule has 0 saturated carbocycles. The highest BCUT2D eigenvalue weighted by molar-refractivity contribution is 6.21. The Morgan fingerprint density at radius 3 is 2.83 bits per heavy atom. The van der Waals surface area contributed by atoms with Crippen molar-refractivity contribution in [1.29, 1.82) is 0 Å². The molecule has 0 aromatic carbocycles. The lowest BCUT2D eigenvalue weighted by Crippen LogP contribution is -1.96. The van der Waals surface area contributed by atoms with Gasteiger partial charge in [-0.25, -0.2) is 0 Å². The summed E-state index contributed by atoms with van der Waals surface area (Å²) >= 11 is 0. The molecule has 0 amide bonds. The lowest BCUT2D eigenvalue weighted by atomic mass is 9.96. The first-order chi connectivity index (χ1) is 2.89. The minimum atomic E-state index is 0.968. The smallest absolute Gasteiger partial charge is 0.109 e. The molecule has 0 saturated heterocycles. The van der Waals surface area contributed by atoms with Crippen molar-refractivity contribution in [2.75, 3.05) is 6.54 Å². The molecule has 1 aliphatic heterocycles. The van der Waals surface area contributed by atoms with Crippen LogP contribution >= 0.6 is 0 Å². The van der Waals surface area contributed by atoms with Crippen LogP contribution in [0.25, 0.3) is 0 Å². The van der Waals surface area contributed by atoms with Gasteiger partial charge in [-0.1, -0.05) is 0 Å². The summed E-state index contributed by atoms with van der Waals surface area (Å²) in [5.41, 5.74) is 0.968. The summed E-state index contributed by atoms with van der Waals surface area (Å²) in [6, 6.07) is 0. The van der Waals surface area contributed by atoms with Gasteiger partial charge in [0.25, 0.3) is 0 Å². The molecule has 1 rings (SSSR count). The summed E-state index contributed by atoms with van der Waals surface area (Å²) in [6.45, 7) is 1.02. The van der Waals surface area contributed by atoms with E-state index in [9.17, 15) is 0 Å². The second-order valence-electron chi connectivity index (χ2n) is 1.42. The van der Waals surface area contributed by atoms with Gasteiger partial charge in [-0.15, -0.1) is 5.47 Å². The molecule has 2 heteroatoms. The Hall–Kier alpha value is -0.395. The predicted molar refractivity (Wildman–Crippen MR) is 26.5 cm³/mol. The fourth-order valence-electron chi connectivity index (χ4n) is 0.492. The third-order valence-electron chi connectivity index (χ3n) is 0.845. The van der Waals surface area contributed by atoms with Crippen LogP contribution < -0.4 is 5.32 Å². The predicted octanol–water partition coefficient (Wildman–Crippen LogP) is -0.0104. The van der Waals surface area contributed by atoms with Crippen molar-refractivity contribution in [3.8, 4) is 0 Å². The lowest BCUT2D eigenvalue weighted by Gasteiger charge is -1.80. The highest BCUT2D eigenvalue weighted by Crippen LogP contribution is 1.96. The van der Waals surface area contributed by atoms with Crippen LogP contribution in [0.1, 0.15) is 6.42 Å². The number of hydrogen-bond donors (Lipinski definition) is 1. The van der Waals surface area contributed by atoms with Crippen molar-refractivity contribution in [2.45, 2.75) is 6.42 Å². The molecule has 1 nitrogen and oxygen atoms in total. The van der Waals surface area contributed by atoms with Gasteiger partial charge in [-0.3, -0.25) is 0 Å². The van der Waals surface area contributed by atoms with E-state index in [1.807, 2.05) is 6.20 Å². The Bertz CT molecular complexity index is 77.6. The van der Waals surface area contributed by atoms with Crippen molar-refractivity contribution in [3.63, 3.8) is 0 Å². The molecule has 1 N–H and O–H groups in total. The third-order valence-corrected chi connectivity index (χ3v) is 0.845. The van der Waals surface area contributed by atoms with E-state index >= 15 is 0 Å². The van der Waals surface area contributed by atoms with Crippen molar-refractivity contribution in [1.82, 2.24) is 5.32 Å². The molecule has 2 radical (unpaired) electrons. The summed E-state index contributed by atoms with van der Waals surface area (Å²) < 4.78 is 0. The molecule has 1 aliphatic rings. The Morgan fingerprint density at radius 2 is 2.67 bits per heavy atom. The molecule has 0 aromatic heterocycles. The van der Waals surface area contributed by atoms with E-state index in [0.717, 1.165) is 18.4 Å². The summed E-state index contributed by atoms with van der Waals surface area (Å²) in [6.07, 6.45) is 2.86. The van der Waals surface area contributed by atoms with E-state index in [1.165, 1.54) is 0 Å². The maximum atomic E-state index is 5.33. The first kappa shape index (κ1) is 3.78. The van der Waals surface area contributed by atoms with E-state index in [0.29, 0.717) is 0 Å². The molecule has 0 bridgehead atoms. The van der Waals surface area contributed by atoms with Gasteiger partial charge < -0.3 is 5.32 Å². The molecule has 0 spiro atoms. The minimum Gasteiger partial charge on any atom is -0.391 e. The number of rotatable bonds is 0. The highest BCUT2D eigenvalue weighted by atomic mass is 14.8. The molecule has 0 atom stereocenters. The van der Waals surface area contributed by atoms with Gasteiger partial charge in [0.05, 0.1) is 0 Å². The van der Waals surface area contributed by atoms with E-state index in [2.05, 4.69) is 5.32 Å². The maximum absolute atomic E-state index is 5.33. The topological polar surface area (TPSA) is 12.0 Å². The molecule has 6 heavy (non-hydrogen) atoms. The van der Waals surface area contributed by atoms with Crippen LogP contribution in [-0.4, -0.2) is 14.4 Å². The average Bonchev–Trinajstić information content (AvgIpc) is 1.86. The van der Waals surface area contributed by atoms with Crippen LogP contribution in [0, 0.1) is 0 Å². The molecule has 0 aliphatic carbocycles. The van der Waals surface area contributed by atoms with Gasteiger partial charge in [0.2, 0.25) is 0 Å². The van der Waals surface area contributed by atoms with Crippen molar-refractivity contribution in [2.24, 2.45) is 0 Å². The van der Waals surface area contributed by atoms with Crippen LogP contribution in [0.2, 0.25) is 0 Å². The van der Waals surface area contributed by atoms with Gasteiger partial charge >= 0.3 is 0 Å². The molecule has 1 heterocycles. The van der Waals surface area contributed by atoms with Gasteiger partial charge in [0, 0.05) is 6.54 Å². The summed E-state index contributed by atoms with van der Waals surface area (Å²) in [5.74, 6) is 0. The Kier molecular flexibility index (Phi) is 0.865. The van der Waals surface area contributed by atoms with Gasteiger partial charge in [0.15, 0.2) is 0 Å². The number of nitrogens with one attached hydrogen (secondary N) is 1. The molecule has 30 valence electrons. The standard InChI is InChI=1S/C4H6BN/c5-4-1-2-6-3-4/h3,6H,1-2H2. The fraction of sp³-hybridized carbons (Fsp3) is 0.500. The van der Waals surface area contributed by atoms with Crippen LogP contribution in [0.15, 0.2) is 11.7 Å². The molecular weight excluding hydrogens is 72.9 g/mol. The SMILES string of the molecule is [B]C1=CNCC1. The van der Waals surface area contributed by atoms with E-state index < -0.39 is 0 Å². The molecule has 0 aromatic rings. The van der Waals surface area contributed by atoms with Crippen molar-refractivity contribution < 1.29 is 0 Å². The lowest BCUT2D eigenvalue weighted by molar-refractivity contribution is 0.914. The van der Waals surface area contributed by atoms with Gasteiger partial charge in [0.1, 0.15) is 7.85 Å². The second-order valence-corrected chi connectivity index (χ2v) is 1.42. The van der Waals surface area contributed by atoms with Crippen LogP contribution in [-0.2, 0) is 0 Å². The first-order valence-corrected chi connectivity index (χ1v) is 2.07. The van der Waals surface area contributed by atoms with Crippen LogP contribution in [0.4, 0.5) is 0 Å². The second kappa shape index (κ2) is 1.37. The average molecular weight is 78.9 g/mol. The van der Waals surface area contributed by atoms with E-state index in [4.69, 9.17) is 7.85 Å². The zero-order valence-corrected chi connectivity index (χ0v) is 3.57. The zero-order valence-electron chi connectivity index (χ0n) is 3.57. The fourth-order valence-corrected chi connectivity index (χ4v) is 0.492. The number of hydrogen-bond acceptors (Lipinski definition) is 1. The van der Waals surface area contributed by atoms with Gasteiger partial charge in [-0.05, 0) is 12.6 Å². The summed E-state index contributed by atoms with van der Waals surface area (Å²) in [5, 5.41) is 2.98. The van der Waals surface area contributed by atoms with Crippen LogP contribution in [0.5, 0.6) is 0 Å². The van der Waals surface area contributed by atoms with E-state index in [-0.39, 0.29) is 0 Å². The monoisotopic (exact) mass is 79.1 g/mol. The zero-order chi connectivity index (χ0) is 4.41. The quantitative estimate of drug-likeness (QED) is 0.402. The maximum Gasteiger partial charge on any atom is 0.109 e. The minimum absolute atomic E-state index is 0.968. The van der Waals surface area contributed by atoms with Crippen molar-refractivity contribution in [3.05, 3.63) is 11.7 Å². The molecule has 0 fully saturated rings. The largest absolute Gasteiger partial charge is 0.391 e. The summed E-state index contributed by atoms with van der Waals surface area (Å²) in [4.78, 5) is 0. The van der Waals surface area contributed by atoms with Gasteiger partial charge in [-0.2, -0.15) is 0 Å². The van der Waals surface area contributed by atoms with Crippen LogP contribution in [0.3, 0.4) is 0 Å². The Morgan fingerprint density at radius 1 is 1.83 bits per heavy atom. The molecular formula is C4H6BN. The third kappa shape index (κ3) is 0.561. The van der Waals surface area contributed by atoms with E-state index in [1.54, 1.807) is 0 Å². The summed E-state index contributed by atoms with van der Waals surface area (Å²) in [7, 11) is 5.33. The van der Waals surface area contributed by atoms with Crippen molar-refractivity contribution >= 4 is 7.85 Å². The normalized spacial score (nSPS) is 19.7. The first-order valence-electron chi connectivity index (χ1n) is 2.07. The Labute approximate surface area is 38.8 Å². The Balaban J connectivity index is 2.45. The highest BCUT2D eigenvalue weighted by Gasteiger charge is 1.92.